The second-order valence-electron chi connectivity index (χ2n) is 5.99. The van der Waals surface area contributed by atoms with Crippen molar-refractivity contribution in [3.63, 3.8) is 0 Å². The fraction of sp³-hybridized carbons (Fsp3) is 0.667. The van der Waals surface area contributed by atoms with Gasteiger partial charge in [0.25, 0.3) is 0 Å². The molecule has 0 bridgehead atoms. The topological polar surface area (TPSA) is 87.5 Å². The van der Waals surface area contributed by atoms with Crippen LogP contribution in [0.4, 0.5) is 0 Å². The second-order valence-corrected chi connectivity index (χ2v) is 5.99. The number of hydrogen-bond donors (Lipinski definition) is 2. The van der Waals surface area contributed by atoms with Gasteiger partial charge in [-0.1, -0.05) is 0 Å². The summed E-state index contributed by atoms with van der Waals surface area (Å²) in [5.41, 5.74) is 1.21. The molecule has 7 heteroatoms. The molecule has 2 amide bonds. The van der Waals surface area contributed by atoms with Gasteiger partial charge in [0.05, 0.1) is 24.8 Å². The van der Waals surface area contributed by atoms with Gasteiger partial charge in [-0.05, 0) is 19.8 Å². The van der Waals surface area contributed by atoms with Gasteiger partial charge in [-0.2, -0.15) is 5.10 Å². The van der Waals surface area contributed by atoms with Gasteiger partial charge in [0, 0.05) is 38.3 Å². The first kappa shape index (κ1) is 16.5. The minimum Gasteiger partial charge on any atom is -0.394 e. The standard InChI is InChI=1S/C15H24N4O3/c1-11-13(9-17-18(11)3)8-16-14(22)7-15(10-20)5-4-6-19(15)12(2)21/h9,20H,4-8,10H2,1-3H3,(H,16,22)/t15-/m0/s1. The van der Waals surface area contributed by atoms with E-state index in [2.05, 4.69) is 10.4 Å². The molecule has 1 aliphatic heterocycles. The van der Waals surface area contributed by atoms with Gasteiger partial charge < -0.3 is 15.3 Å². The second kappa shape index (κ2) is 6.48. The number of rotatable bonds is 5. The van der Waals surface area contributed by atoms with Gasteiger partial charge in [-0.3, -0.25) is 14.3 Å². The van der Waals surface area contributed by atoms with Crippen molar-refractivity contribution in [1.82, 2.24) is 20.0 Å². The quantitative estimate of drug-likeness (QED) is 0.808. The summed E-state index contributed by atoms with van der Waals surface area (Å²) in [7, 11) is 1.85. The van der Waals surface area contributed by atoms with Gasteiger partial charge in [-0.15, -0.1) is 0 Å². The van der Waals surface area contributed by atoms with Gasteiger partial charge in [0.2, 0.25) is 11.8 Å². The first-order chi connectivity index (χ1) is 10.4. The molecule has 0 spiro atoms. The maximum atomic E-state index is 12.2. The Morgan fingerprint density at radius 3 is 2.77 bits per heavy atom. The van der Waals surface area contributed by atoms with Crippen molar-refractivity contribution in [2.45, 2.75) is 45.2 Å². The number of aryl methyl sites for hydroxylation is 1. The average Bonchev–Trinajstić information content (AvgIpc) is 3.03. The number of carbonyl (C=O) groups excluding carboxylic acids is 2. The Kier molecular flexibility index (Phi) is 4.85. The summed E-state index contributed by atoms with van der Waals surface area (Å²) in [4.78, 5) is 25.6. The normalized spacial score (nSPS) is 21.2. The molecule has 1 aromatic rings. The summed E-state index contributed by atoms with van der Waals surface area (Å²) in [6.45, 7) is 4.24. The molecular formula is C15H24N4O3. The minimum absolute atomic E-state index is 0.0950. The predicted molar refractivity (Wildman–Crippen MR) is 80.8 cm³/mol. The predicted octanol–water partition coefficient (Wildman–Crippen LogP) is 0.108. The number of hydrogen-bond acceptors (Lipinski definition) is 4. The van der Waals surface area contributed by atoms with Crippen molar-refractivity contribution in [2.24, 2.45) is 7.05 Å². The average molecular weight is 308 g/mol. The molecule has 7 nitrogen and oxygen atoms in total. The number of aromatic nitrogens is 2. The third kappa shape index (κ3) is 3.14. The zero-order chi connectivity index (χ0) is 16.3. The zero-order valence-electron chi connectivity index (χ0n) is 13.4. The summed E-state index contributed by atoms with van der Waals surface area (Å²) in [6, 6.07) is 0. The van der Waals surface area contributed by atoms with E-state index in [1.165, 1.54) is 6.92 Å². The maximum absolute atomic E-state index is 12.2. The molecule has 1 aromatic heterocycles. The van der Waals surface area contributed by atoms with E-state index in [9.17, 15) is 14.7 Å². The van der Waals surface area contributed by atoms with Crippen molar-refractivity contribution in [2.75, 3.05) is 13.2 Å². The van der Waals surface area contributed by atoms with Gasteiger partial charge in [0.15, 0.2) is 0 Å². The lowest BCUT2D eigenvalue weighted by Gasteiger charge is -2.36. The third-order valence-electron chi connectivity index (χ3n) is 4.57. The Hall–Kier alpha value is -1.89. The summed E-state index contributed by atoms with van der Waals surface area (Å²) < 4.78 is 1.76. The van der Waals surface area contributed by atoms with Crippen molar-refractivity contribution >= 4 is 11.8 Å². The molecule has 1 atom stereocenters. The van der Waals surface area contributed by atoms with E-state index in [-0.39, 0.29) is 24.8 Å². The summed E-state index contributed by atoms with van der Waals surface area (Å²) >= 11 is 0. The van der Waals surface area contributed by atoms with E-state index >= 15 is 0 Å². The van der Waals surface area contributed by atoms with E-state index in [1.54, 1.807) is 15.8 Å². The maximum Gasteiger partial charge on any atom is 0.222 e. The molecule has 2 heterocycles. The van der Waals surface area contributed by atoms with Crippen LogP contribution in [0, 0.1) is 6.92 Å². The molecule has 2 N–H and O–H groups in total. The number of nitrogens with one attached hydrogen (secondary N) is 1. The van der Waals surface area contributed by atoms with Crippen molar-refractivity contribution in [3.8, 4) is 0 Å². The highest BCUT2D eigenvalue weighted by molar-refractivity contribution is 5.80. The first-order valence-electron chi connectivity index (χ1n) is 7.53. The Balaban J connectivity index is 1.98. The van der Waals surface area contributed by atoms with E-state index in [0.29, 0.717) is 19.5 Å². The van der Waals surface area contributed by atoms with Crippen LogP contribution in [0.15, 0.2) is 6.20 Å². The molecule has 0 aliphatic carbocycles. The Bertz CT molecular complexity index is 569. The molecule has 2 rings (SSSR count). The number of carbonyl (C=O) groups is 2. The van der Waals surface area contributed by atoms with Crippen LogP contribution in [-0.2, 0) is 23.2 Å². The van der Waals surface area contributed by atoms with Crippen LogP contribution in [0.25, 0.3) is 0 Å². The zero-order valence-corrected chi connectivity index (χ0v) is 13.4. The van der Waals surface area contributed by atoms with Crippen LogP contribution in [-0.4, -0.2) is 50.3 Å². The van der Waals surface area contributed by atoms with Gasteiger partial charge >= 0.3 is 0 Å². The molecule has 0 radical (unpaired) electrons. The monoisotopic (exact) mass is 308 g/mol. The lowest BCUT2D eigenvalue weighted by atomic mass is 9.92. The molecule has 0 unspecified atom stereocenters. The number of nitrogens with zero attached hydrogens (tertiary/aromatic N) is 3. The van der Waals surface area contributed by atoms with Crippen LogP contribution in [0.2, 0.25) is 0 Å². The molecule has 0 saturated carbocycles. The highest BCUT2D eigenvalue weighted by Crippen LogP contribution is 2.32. The molecule has 1 aliphatic rings. The number of aliphatic hydroxyl groups is 1. The van der Waals surface area contributed by atoms with E-state index in [4.69, 9.17) is 0 Å². The van der Waals surface area contributed by atoms with Crippen LogP contribution in [0.1, 0.15) is 37.4 Å². The van der Waals surface area contributed by atoms with Crippen LogP contribution in [0.5, 0.6) is 0 Å². The van der Waals surface area contributed by atoms with Crippen LogP contribution >= 0.6 is 0 Å². The van der Waals surface area contributed by atoms with Crippen LogP contribution < -0.4 is 5.32 Å². The van der Waals surface area contributed by atoms with Crippen LogP contribution in [0.3, 0.4) is 0 Å². The molecular weight excluding hydrogens is 284 g/mol. The van der Waals surface area contributed by atoms with Gasteiger partial charge in [-0.25, -0.2) is 0 Å². The summed E-state index contributed by atoms with van der Waals surface area (Å²) in [5.74, 6) is -0.257. The Morgan fingerprint density at radius 1 is 1.50 bits per heavy atom. The smallest absolute Gasteiger partial charge is 0.222 e. The van der Waals surface area contributed by atoms with Crippen molar-refractivity contribution in [1.29, 1.82) is 0 Å². The fourth-order valence-electron chi connectivity index (χ4n) is 3.11. The molecule has 122 valence electrons. The van der Waals surface area contributed by atoms with Gasteiger partial charge in [0.1, 0.15) is 0 Å². The molecule has 0 aromatic carbocycles. The third-order valence-corrected chi connectivity index (χ3v) is 4.57. The number of aliphatic hydroxyl groups excluding tert-OH is 1. The first-order valence-corrected chi connectivity index (χ1v) is 7.53. The lowest BCUT2D eigenvalue weighted by molar-refractivity contribution is -0.137. The Morgan fingerprint density at radius 2 is 2.23 bits per heavy atom. The summed E-state index contributed by atoms with van der Waals surface area (Å²) in [6.07, 6.45) is 3.33. The molecule has 22 heavy (non-hydrogen) atoms. The lowest BCUT2D eigenvalue weighted by Crippen LogP contribution is -2.51. The van der Waals surface area contributed by atoms with E-state index < -0.39 is 5.54 Å². The molecule has 1 fully saturated rings. The largest absolute Gasteiger partial charge is 0.394 e. The van der Waals surface area contributed by atoms with Crippen molar-refractivity contribution < 1.29 is 14.7 Å². The Labute approximate surface area is 130 Å². The highest BCUT2D eigenvalue weighted by Gasteiger charge is 2.43. The summed E-state index contributed by atoms with van der Waals surface area (Å²) in [5, 5.41) is 16.7. The number of likely N-dealkylation sites (tertiary alicyclic amines) is 1. The minimum atomic E-state index is -0.750. The highest BCUT2D eigenvalue weighted by atomic mass is 16.3. The SMILES string of the molecule is CC(=O)N1CCC[C@@]1(CO)CC(=O)NCc1cnn(C)c1C. The number of amides is 2. The molecule has 1 saturated heterocycles. The van der Waals surface area contributed by atoms with E-state index in [0.717, 1.165) is 17.7 Å². The fourth-order valence-corrected chi connectivity index (χ4v) is 3.11. The van der Waals surface area contributed by atoms with Crippen molar-refractivity contribution in [3.05, 3.63) is 17.5 Å². The van der Waals surface area contributed by atoms with E-state index in [1.807, 2.05) is 14.0 Å².